The Morgan fingerprint density at radius 2 is 1.90 bits per heavy atom. The molecule has 0 N–H and O–H groups in total. The standard InChI is InChI=1S/C15H14N4O/c1-18-11-13(9-16-18)14-7-8-15(20)19(17-14)10-12-5-3-2-4-6-12/h2-9,11H,10H2,1H3. The third-order valence-corrected chi connectivity index (χ3v) is 3.04. The minimum atomic E-state index is -0.110. The molecule has 1 aromatic carbocycles. The minimum Gasteiger partial charge on any atom is -0.275 e. The molecule has 3 rings (SSSR count). The molecule has 0 amide bonds. The first-order valence-electron chi connectivity index (χ1n) is 6.33. The van der Waals surface area contributed by atoms with E-state index >= 15 is 0 Å². The minimum absolute atomic E-state index is 0.110. The zero-order valence-corrected chi connectivity index (χ0v) is 11.1. The van der Waals surface area contributed by atoms with Crippen molar-refractivity contribution in [1.82, 2.24) is 19.6 Å². The lowest BCUT2D eigenvalue weighted by Crippen LogP contribution is -2.22. The molecule has 0 aliphatic rings. The van der Waals surface area contributed by atoms with Crippen LogP contribution in [0.3, 0.4) is 0 Å². The van der Waals surface area contributed by atoms with Crippen molar-refractivity contribution in [1.29, 1.82) is 0 Å². The van der Waals surface area contributed by atoms with Crippen molar-refractivity contribution in [2.45, 2.75) is 6.54 Å². The highest BCUT2D eigenvalue weighted by Crippen LogP contribution is 2.13. The van der Waals surface area contributed by atoms with Gasteiger partial charge in [-0.25, -0.2) is 4.68 Å². The lowest BCUT2D eigenvalue weighted by Gasteiger charge is -2.06. The molecule has 0 aliphatic heterocycles. The van der Waals surface area contributed by atoms with Crippen LogP contribution < -0.4 is 5.56 Å². The zero-order chi connectivity index (χ0) is 13.9. The van der Waals surface area contributed by atoms with Gasteiger partial charge in [0.1, 0.15) is 0 Å². The van der Waals surface area contributed by atoms with E-state index < -0.39 is 0 Å². The van der Waals surface area contributed by atoms with Crippen LogP contribution in [0.15, 0.2) is 59.7 Å². The van der Waals surface area contributed by atoms with Crippen LogP contribution in [0.25, 0.3) is 11.3 Å². The van der Waals surface area contributed by atoms with E-state index in [1.54, 1.807) is 16.9 Å². The summed E-state index contributed by atoms with van der Waals surface area (Å²) in [6.07, 6.45) is 3.61. The largest absolute Gasteiger partial charge is 0.275 e. The zero-order valence-electron chi connectivity index (χ0n) is 11.1. The van der Waals surface area contributed by atoms with E-state index in [-0.39, 0.29) is 5.56 Å². The SMILES string of the molecule is Cn1cc(-c2ccc(=O)n(Cc3ccccc3)n2)cn1. The topological polar surface area (TPSA) is 52.7 Å². The van der Waals surface area contributed by atoms with Crippen LogP contribution in [0, 0.1) is 0 Å². The number of benzene rings is 1. The molecule has 0 saturated heterocycles. The fourth-order valence-corrected chi connectivity index (χ4v) is 2.03. The Morgan fingerprint density at radius 3 is 2.60 bits per heavy atom. The summed E-state index contributed by atoms with van der Waals surface area (Å²) in [4.78, 5) is 11.9. The maximum Gasteiger partial charge on any atom is 0.267 e. The highest BCUT2D eigenvalue weighted by molar-refractivity contribution is 5.55. The number of hydrogen-bond acceptors (Lipinski definition) is 3. The van der Waals surface area contributed by atoms with Gasteiger partial charge in [-0.15, -0.1) is 0 Å². The van der Waals surface area contributed by atoms with E-state index in [1.807, 2.05) is 43.6 Å². The molecule has 0 radical (unpaired) electrons. The average molecular weight is 266 g/mol. The van der Waals surface area contributed by atoms with Gasteiger partial charge in [0.25, 0.3) is 5.56 Å². The second kappa shape index (κ2) is 5.13. The van der Waals surface area contributed by atoms with Crippen LogP contribution in [0.1, 0.15) is 5.56 Å². The number of rotatable bonds is 3. The van der Waals surface area contributed by atoms with Crippen molar-refractivity contribution in [2.75, 3.05) is 0 Å². The summed E-state index contributed by atoms with van der Waals surface area (Å²) >= 11 is 0. The van der Waals surface area contributed by atoms with Gasteiger partial charge in [0, 0.05) is 24.9 Å². The molecule has 0 unspecified atom stereocenters. The van der Waals surface area contributed by atoms with Crippen molar-refractivity contribution >= 4 is 0 Å². The molecule has 0 saturated carbocycles. The molecule has 5 nitrogen and oxygen atoms in total. The van der Waals surface area contributed by atoms with E-state index in [4.69, 9.17) is 0 Å². The number of aryl methyl sites for hydroxylation is 1. The van der Waals surface area contributed by atoms with E-state index in [2.05, 4.69) is 10.2 Å². The Labute approximate surface area is 116 Å². The molecule has 5 heteroatoms. The average Bonchev–Trinajstić information content (AvgIpc) is 2.89. The summed E-state index contributed by atoms with van der Waals surface area (Å²) in [5.74, 6) is 0. The Balaban J connectivity index is 1.97. The molecule has 3 aromatic rings. The van der Waals surface area contributed by atoms with Crippen LogP contribution in [0.2, 0.25) is 0 Å². The molecule has 0 atom stereocenters. The van der Waals surface area contributed by atoms with Crippen LogP contribution in [-0.2, 0) is 13.6 Å². The number of nitrogens with zero attached hydrogens (tertiary/aromatic N) is 4. The Morgan fingerprint density at radius 1 is 1.10 bits per heavy atom. The van der Waals surface area contributed by atoms with Gasteiger partial charge in [-0.1, -0.05) is 30.3 Å². The van der Waals surface area contributed by atoms with Crippen molar-refractivity contribution in [3.63, 3.8) is 0 Å². The molecule has 0 bridgehead atoms. The maximum absolute atomic E-state index is 11.9. The molecule has 2 heterocycles. The second-order valence-electron chi connectivity index (χ2n) is 4.60. The third kappa shape index (κ3) is 2.51. The molecule has 2 aromatic heterocycles. The van der Waals surface area contributed by atoms with Crippen molar-refractivity contribution in [3.8, 4) is 11.3 Å². The van der Waals surface area contributed by atoms with E-state index in [0.29, 0.717) is 6.54 Å². The fourth-order valence-electron chi connectivity index (χ4n) is 2.03. The van der Waals surface area contributed by atoms with Crippen LogP contribution in [0.5, 0.6) is 0 Å². The summed E-state index contributed by atoms with van der Waals surface area (Å²) in [7, 11) is 1.85. The van der Waals surface area contributed by atoms with Crippen molar-refractivity contribution in [2.24, 2.45) is 7.05 Å². The van der Waals surface area contributed by atoms with E-state index in [9.17, 15) is 4.79 Å². The normalized spacial score (nSPS) is 10.7. The number of aromatic nitrogens is 4. The van der Waals surface area contributed by atoms with Crippen molar-refractivity contribution in [3.05, 3.63) is 70.8 Å². The van der Waals surface area contributed by atoms with Gasteiger partial charge in [-0.2, -0.15) is 10.2 Å². The summed E-state index contributed by atoms with van der Waals surface area (Å²) in [5, 5.41) is 8.52. The third-order valence-electron chi connectivity index (χ3n) is 3.04. The van der Waals surface area contributed by atoms with E-state index in [0.717, 1.165) is 16.8 Å². The summed E-state index contributed by atoms with van der Waals surface area (Å²) < 4.78 is 3.18. The molecule has 0 fully saturated rings. The quantitative estimate of drug-likeness (QED) is 0.725. The van der Waals surface area contributed by atoms with Crippen LogP contribution in [-0.4, -0.2) is 19.6 Å². The molecular formula is C15H14N4O. The van der Waals surface area contributed by atoms with Crippen LogP contribution in [0.4, 0.5) is 0 Å². The smallest absolute Gasteiger partial charge is 0.267 e. The van der Waals surface area contributed by atoms with Crippen LogP contribution >= 0.6 is 0 Å². The lowest BCUT2D eigenvalue weighted by atomic mass is 10.2. The molecular weight excluding hydrogens is 252 g/mol. The maximum atomic E-state index is 11.9. The first-order chi connectivity index (χ1) is 9.72. The molecule has 0 spiro atoms. The Kier molecular flexibility index (Phi) is 3.16. The van der Waals surface area contributed by atoms with Gasteiger partial charge in [-0.3, -0.25) is 9.48 Å². The van der Waals surface area contributed by atoms with Gasteiger partial charge in [0.05, 0.1) is 18.4 Å². The van der Waals surface area contributed by atoms with E-state index in [1.165, 1.54) is 10.7 Å². The monoisotopic (exact) mass is 266 g/mol. The second-order valence-corrected chi connectivity index (χ2v) is 4.60. The molecule has 0 aliphatic carbocycles. The van der Waals surface area contributed by atoms with Gasteiger partial charge in [-0.05, 0) is 11.6 Å². The summed E-state index contributed by atoms with van der Waals surface area (Å²) in [5.41, 5.74) is 2.58. The highest BCUT2D eigenvalue weighted by atomic mass is 16.1. The van der Waals surface area contributed by atoms with Gasteiger partial charge >= 0.3 is 0 Å². The van der Waals surface area contributed by atoms with Crippen molar-refractivity contribution < 1.29 is 0 Å². The highest BCUT2D eigenvalue weighted by Gasteiger charge is 2.05. The van der Waals surface area contributed by atoms with Gasteiger partial charge < -0.3 is 0 Å². The number of hydrogen-bond donors (Lipinski definition) is 0. The summed E-state index contributed by atoms with van der Waals surface area (Å²) in [6.45, 7) is 0.466. The Bertz CT molecular complexity index is 774. The fraction of sp³-hybridized carbons (Fsp3) is 0.133. The lowest BCUT2D eigenvalue weighted by molar-refractivity contribution is 0.643. The molecule has 100 valence electrons. The summed E-state index contributed by atoms with van der Waals surface area (Å²) in [6, 6.07) is 13.1. The Hall–Kier alpha value is -2.69. The predicted molar refractivity (Wildman–Crippen MR) is 76.2 cm³/mol. The molecule has 20 heavy (non-hydrogen) atoms. The van der Waals surface area contributed by atoms with Gasteiger partial charge in [0.15, 0.2) is 0 Å². The first kappa shape index (κ1) is 12.3. The predicted octanol–water partition coefficient (Wildman–Crippen LogP) is 1.69. The first-order valence-corrected chi connectivity index (χ1v) is 6.33. The van der Waals surface area contributed by atoms with Gasteiger partial charge in [0.2, 0.25) is 0 Å².